The largest absolute Gasteiger partial charge is 0.418 e. The summed E-state index contributed by atoms with van der Waals surface area (Å²) in [5, 5.41) is 3.24. The third-order valence-electron chi connectivity index (χ3n) is 3.97. The summed E-state index contributed by atoms with van der Waals surface area (Å²) in [6.07, 6.45) is 0.932. The number of urea groups is 1. The van der Waals surface area contributed by atoms with E-state index in [0.717, 1.165) is 31.1 Å². The standard InChI is InChI=1S/C14H29N5O7S/c1-3-5-12(19(4-2)14(21)17-26-27(22,23)24)13(20)16-25-11-10-18-8-6-15-7-9-18/h12,15H,3-11H2,1-2H3,(H,16,20)(H,17,21)(H,22,23,24)/t12-/m0/s1. The highest BCUT2D eigenvalue weighted by Gasteiger charge is 2.29. The molecule has 0 bridgehead atoms. The fourth-order valence-corrected chi connectivity index (χ4v) is 2.83. The molecule has 13 heteroatoms. The van der Waals surface area contributed by atoms with Gasteiger partial charge in [-0.25, -0.2) is 10.3 Å². The van der Waals surface area contributed by atoms with Gasteiger partial charge in [0.25, 0.3) is 5.91 Å². The van der Waals surface area contributed by atoms with Crippen molar-refractivity contribution in [1.29, 1.82) is 0 Å². The molecule has 0 spiro atoms. The number of carbonyl (C=O) groups is 2. The molecule has 1 aliphatic rings. The molecule has 1 fully saturated rings. The van der Waals surface area contributed by atoms with E-state index >= 15 is 0 Å². The van der Waals surface area contributed by atoms with Gasteiger partial charge >= 0.3 is 16.4 Å². The monoisotopic (exact) mass is 411 g/mol. The molecule has 0 aromatic rings. The summed E-state index contributed by atoms with van der Waals surface area (Å²) in [6.45, 7) is 8.18. The van der Waals surface area contributed by atoms with Gasteiger partial charge in [0.1, 0.15) is 6.04 Å². The lowest BCUT2D eigenvalue weighted by atomic mass is 10.1. The number of hydrogen-bond acceptors (Lipinski definition) is 8. The van der Waals surface area contributed by atoms with Crippen LogP contribution >= 0.6 is 0 Å². The molecule has 1 rings (SSSR count). The summed E-state index contributed by atoms with van der Waals surface area (Å²) in [6, 6.07) is -1.85. The fourth-order valence-electron chi connectivity index (χ4n) is 2.65. The molecule has 27 heavy (non-hydrogen) atoms. The Morgan fingerprint density at radius 3 is 2.48 bits per heavy atom. The van der Waals surface area contributed by atoms with E-state index < -0.39 is 28.4 Å². The van der Waals surface area contributed by atoms with Crippen LogP contribution in [-0.2, 0) is 24.3 Å². The van der Waals surface area contributed by atoms with Gasteiger partial charge in [0, 0.05) is 39.3 Å². The van der Waals surface area contributed by atoms with Gasteiger partial charge in [-0.2, -0.15) is 13.9 Å². The maximum absolute atomic E-state index is 12.4. The number of nitrogens with zero attached hydrogens (tertiary/aromatic N) is 2. The van der Waals surface area contributed by atoms with Crippen LogP contribution in [0.4, 0.5) is 4.79 Å². The summed E-state index contributed by atoms with van der Waals surface area (Å²) < 4.78 is 33.5. The van der Waals surface area contributed by atoms with E-state index in [1.807, 2.05) is 6.92 Å². The van der Waals surface area contributed by atoms with Crippen LogP contribution in [0.15, 0.2) is 0 Å². The van der Waals surface area contributed by atoms with Crippen LogP contribution in [0.2, 0.25) is 0 Å². The summed E-state index contributed by atoms with van der Waals surface area (Å²) in [4.78, 5) is 33.0. The van der Waals surface area contributed by atoms with Crippen molar-refractivity contribution >= 4 is 22.3 Å². The third-order valence-corrected chi connectivity index (χ3v) is 4.26. The van der Waals surface area contributed by atoms with Gasteiger partial charge in [-0.15, -0.1) is 4.28 Å². The van der Waals surface area contributed by atoms with Gasteiger partial charge in [0.15, 0.2) is 0 Å². The zero-order valence-corrected chi connectivity index (χ0v) is 16.5. The summed E-state index contributed by atoms with van der Waals surface area (Å²) in [7, 11) is -4.84. The van der Waals surface area contributed by atoms with Crippen LogP contribution in [0.1, 0.15) is 26.7 Å². The minimum absolute atomic E-state index is 0.111. The van der Waals surface area contributed by atoms with E-state index in [1.54, 1.807) is 12.4 Å². The zero-order chi connectivity index (χ0) is 20.3. The predicted octanol–water partition coefficient (Wildman–Crippen LogP) is -1.13. The van der Waals surface area contributed by atoms with Crippen molar-refractivity contribution in [3.63, 3.8) is 0 Å². The molecule has 1 aliphatic heterocycles. The van der Waals surface area contributed by atoms with Crippen molar-refractivity contribution in [1.82, 2.24) is 26.1 Å². The summed E-state index contributed by atoms with van der Waals surface area (Å²) in [5.74, 6) is -0.527. The molecule has 1 atom stereocenters. The second-order valence-electron chi connectivity index (χ2n) is 5.92. The Hall–Kier alpha value is -1.51. The van der Waals surface area contributed by atoms with Crippen molar-refractivity contribution in [2.75, 3.05) is 45.9 Å². The molecule has 12 nitrogen and oxygen atoms in total. The van der Waals surface area contributed by atoms with Crippen LogP contribution in [0, 0.1) is 0 Å². The van der Waals surface area contributed by atoms with Crippen molar-refractivity contribution in [2.24, 2.45) is 0 Å². The van der Waals surface area contributed by atoms with E-state index in [-0.39, 0.29) is 6.54 Å². The number of nitrogens with one attached hydrogen (secondary N) is 3. The van der Waals surface area contributed by atoms with E-state index in [1.165, 1.54) is 0 Å². The van der Waals surface area contributed by atoms with Crippen molar-refractivity contribution < 1.29 is 31.7 Å². The van der Waals surface area contributed by atoms with Gasteiger partial charge in [-0.3, -0.25) is 19.1 Å². The van der Waals surface area contributed by atoms with Gasteiger partial charge in [-0.1, -0.05) is 13.3 Å². The Kier molecular flexibility index (Phi) is 10.5. The maximum atomic E-state index is 12.4. The van der Waals surface area contributed by atoms with Crippen molar-refractivity contribution in [3.05, 3.63) is 0 Å². The number of hydrogen-bond donors (Lipinski definition) is 4. The van der Waals surface area contributed by atoms with E-state index in [9.17, 15) is 18.0 Å². The van der Waals surface area contributed by atoms with Crippen LogP contribution in [-0.4, -0.2) is 86.6 Å². The molecule has 4 N–H and O–H groups in total. The number of piperazine rings is 1. The topological polar surface area (TPSA) is 150 Å². The molecule has 0 radical (unpaired) electrons. The first-order valence-corrected chi connectivity index (χ1v) is 10.2. The van der Waals surface area contributed by atoms with Crippen LogP contribution < -0.4 is 16.3 Å². The molecule has 0 aromatic heterocycles. The molecule has 0 saturated carbocycles. The van der Waals surface area contributed by atoms with Gasteiger partial charge in [0.2, 0.25) is 0 Å². The van der Waals surface area contributed by atoms with E-state index in [4.69, 9.17) is 9.39 Å². The average Bonchev–Trinajstić information content (AvgIpc) is 2.63. The highest BCUT2D eigenvalue weighted by atomic mass is 32.3. The smallest absolute Gasteiger partial charge is 0.314 e. The van der Waals surface area contributed by atoms with Gasteiger partial charge in [-0.05, 0) is 13.3 Å². The van der Waals surface area contributed by atoms with Crippen molar-refractivity contribution in [2.45, 2.75) is 32.7 Å². The van der Waals surface area contributed by atoms with Gasteiger partial charge < -0.3 is 10.2 Å². The average molecular weight is 411 g/mol. The molecule has 0 aromatic carbocycles. The Morgan fingerprint density at radius 2 is 1.93 bits per heavy atom. The Balaban J connectivity index is 2.51. The number of rotatable bonds is 11. The van der Waals surface area contributed by atoms with Crippen LogP contribution in [0.3, 0.4) is 0 Å². The zero-order valence-electron chi connectivity index (χ0n) is 15.6. The third kappa shape index (κ3) is 9.30. The molecule has 3 amide bonds. The molecular weight excluding hydrogens is 382 g/mol. The molecule has 0 unspecified atom stereocenters. The maximum Gasteiger partial charge on any atom is 0.418 e. The molecule has 158 valence electrons. The molecule has 1 heterocycles. The Labute approximate surface area is 159 Å². The highest BCUT2D eigenvalue weighted by molar-refractivity contribution is 7.80. The lowest BCUT2D eigenvalue weighted by Crippen LogP contribution is -2.53. The Morgan fingerprint density at radius 1 is 1.26 bits per heavy atom. The first kappa shape index (κ1) is 23.5. The summed E-state index contributed by atoms with van der Waals surface area (Å²) in [5.41, 5.74) is 3.93. The molecule has 1 saturated heterocycles. The number of amides is 3. The van der Waals surface area contributed by atoms with E-state index in [2.05, 4.69) is 20.0 Å². The molecule has 0 aliphatic carbocycles. The Bertz CT molecular complexity index is 568. The van der Waals surface area contributed by atoms with Crippen molar-refractivity contribution in [3.8, 4) is 0 Å². The minimum atomic E-state index is -4.84. The highest BCUT2D eigenvalue weighted by Crippen LogP contribution is 2.08. The number of likely N-dealkylation sites (N-methyl/N-ethyl adjacent to an activating group) is 1. The SMILES string of the molecule is CCC[C@@H](C(=O)NOCCN1CCNCC1)N(CC)C(=O)NOS(=O)(=O)O. The van der Waals surface area contributed by atoms with Crippen LogP contribution in [0.5, 0.6) is 0 Å². The number of carbonyl (C=O) groups excluding carboxylic acids is 2. The first-order chi connectivity index (χ1) is 12.8. The van der Waals surface area contributed by atoms with E-state index in [0.29, 0.717) is 26.0 Å². The fraction of sp³-hybridized carbons (Fsp3) is 0.857. The van der Waals surface area contributed by atoms with Gasteiger partial charge in [0.05, 0.1) is 6.61 Å². The van der Waals surface area contributed by atoms with Crippen LogP contribution in [0.25, 0.3) is 0 Å². The lowest BCUT2D eigenvalue weighted by molar-refractivity contribution is -0.139. The predicted molar refractivity (Wildman–Crippen MR) is 95.6 cm³/mol. The first-order valence-electron chi connectivity index (χ1n) is 8.85. The summed E-state index contributed by atoms with van der Waals surface area (Å²) >= 11 is 0. The normalized spacial score (nSPS) is 16.6. The quantitative estimate of drug-likeness (QED) is 0.188. The second kappa shape index (κ2) is 12.0. The second-order valence-corrected chi connectivity index (χ2v) is 6.94. The minimum Gasteiger partial charge on any atom is -0.314 e. The molecular formula is C14H29N5O7S. The lowest BCUT2D eigenvalue weighted by Gasteiger charge is -2.29. The number of hydroxylamine groups is 2.